The standard InChI is InChI=1S/C32H34ClF2N5O2/c1-18-9-6-7-14-40(18)31-23-16-24(33)26(28(35)30(23)37-32(38-31)42-17-20-10-8-13-39(20)3)29-22-12-5-4-11-21(22)27(34)25(36-29)15-19(2)41/h4-5,11-12,16,18,20H,6-10,13-15,17H2,1-3H3/t18-,20-/m0/s1. The van der Waals surface area contributed by atoms with E-state index in [0.29, 0.717) is 23.2 Å². The van der Waals surface area contributed by atoms with E-state index in [2.05, 4.69) is 33.7 Å². The zero-order valence-corrected chi connectivity index (χ0v) is 24.8. The molecule has 0 bridgehead atoms. The van der Waals surface area contributed by atoms with Gasteiger partial charge in [-0.15, -0.1) is 0 Å². The number of fused-ring (bicyclic) bond motifs is 2. The molecule has 2 aliphatic heterocycles. The van der Waals surface area contributed by atoms with Crippen molar-refractivity contribution >= 4 is 44.9 Å². The maximum Gasteiger partial charge on any atom is 0.319 e. The van der Waals surface area contributed by atoms with Crippen molar-refractivity contribution in [1.82, 2.24) is 19.9 Å². The number of hydrogen-bond donors (Lipinski definition) is 0. The Morgan fingerprint density at radius 1 is 1.02 bits per heavy atom. The van der Waals surface area contributed by atoms with Crippen LogP contribution in [0.3, 0.4) is 0 Å². The van der Waals surface area contributed by atoms with Gasteiger partial charge in [0, 0.05) is 34.8 Å². The Morgan fingerprint density at radius 3 is 2.52 bits per heavy atom. The van der Waals surface area contributed by atoms with E-state index >= 15 is 8.78 Å². The number of benzene rings is 2. The summed E-state index contributed by atoms with van der Waals surface area (Å²) in [5.41, 5.74) is 0.175. The summed E-state index contributed by atoms with van der Waals surface area (Å²) in [6.07, 6.45) is 5.00. The van der Waals surface area contributed by atoms with Gasteiger partial charge in [0.05, 0.1) is 28.4 Å². The molecule has 4 aromatic rings. The number of carbonyl (C=O) groups excluding carboxylic acids is 1. The molecule has 7 nitrogen and oxygen atoms in total. The summed E-state index contributed by atoms with van der Waals surface area (Å²) in [5, 5.41) is 1.22. The number of anilines is 1. The number of rotatable bonds is 7. The number of ether oxygens (including phenoxy) is 1. The number of likely N-dealkylation sites (N-methyl/N-ethyl adjacent to an activating group) is 1. The Hall–Kier alpha value is -3.43. The highest BCUT2D eigenvalue weighted by atomic mass is 35.5. The highest BCUT2D eigenvalue weighted by Gasteiger charge is 2.29. The lowest BCUT2D eigenvalue weighted by atomic mass is 9.99. The average Bonchev–Trinajstić information content (AvgIpc) is 3.38. The lowest BCUT2D eigenvalue weighted by molar-refractivity contribution is -0.116. The van der Waals surface area contributed by atoms with E-state index in [9.17, 15) is 4.79 Å². The third-order valence-electron chi connectivity index (χ3n) is 8.57. The Labute approximate surface area is 248 Å². The zero-order chi connectivity index (χ0) is 29.5. The highest BCUT2D eigenvalue weighted by Crippen LogP contribution is 2.42. The molecule has 220 valence electrons. The van der Waals surface area contributed by atoms with Crippen LogP contribution in [-0.4, -0.2) is 64.5 Å². The summed E-state index contributed by atoms with van der Waals surface area (Å²) >= 11 is 6.84. The second-order valence-electron chi connectivity index (χ2n) is 11.5. The minimum atomic E-state index is -0.688. The molecule has 6 rings (SSSR count). The third-order valence-corrected chi connectivity index (χ3v) is 8.86. The van der Waals surface area contributed by atoms with Crippen molar-refractivity contribution in [2.45, 2.75) is 64.5 Å². The van der Waals surface area contributed by atoms with Gasteiger partial charge in [-0.3, -0.25) is 4.79 Å². The third kappa shape index (κ3) is 5.28. The fourth-order valence-electron chi connectivity index (χ4n) is 6.26. The lowest BCUT2D eigenvalue weighted by Crippen LogP contribution is -2.38. The number of Topliss-reactive ketones (excluding diaryl/α,β-unsaturated/α-hetero) is 1. The lowest BCUT2D eigenvalue weighted by Gasteiger charge is -2.35. The molecule has 2 aromatic heterocycles. The van der Waals surface area contributed by atoms with Gasteiger partial charge in [-0.2, -0.15) is 9.97 Å². The predicted molar refractivity (Wildman–Crippen MR) is 161 cm³/mol. The predicted octanol–water partition coefficient (Wildman–Crippen LogP) is 6.76. The normalized spacial score (nSPS) is 19.6. The molecule has 2 aliphatic rings. The molecule has 2 fully saturated rings. The highest BCUT2D eigenvalue weighted by molar-refractivity contribution is 6.34. The molecule has 10 heteroatoms. The van der Waals surface area contributed by atoms with Crippen molar-refractivity contribution in [3.8, 4) is 17.3 Å². The summed E-state index contributed by atoms with van der Waals surface area (Å²) in [4.78, 5) is 30.2. The van der Waals surface area contributed by atoms with Crippen LogP contribution >= 0.6 is 11.6 Å². The average molecular weight is 594 g/mol. The zero-order valence-electron chi connectivity index (χ0n) is 24.1. The molecule has 0 radical (unpaired) electrons. The van der Waals surface area contributed by atoms with E-state index in [0.717, 1.165) is 45.2 Å². The van der Waals surface area contributed by atoms with Crippen molar-refractivity contribution in [3.63, 3.8) is 0 Å². The maximum absolute atomic E-state index is 16.8. The Balaban J connectivity index is 1.55. The van der Waals surface area contributed by atoms with Crippen molar-refractivity contribution in [1.29, 1.82) is 0 Å². The number of hydrogen-bond acceptors (Lipinski definition) is 7. The molecule has 0 amide bonds. The minimum Gasteiger partial charge on any atom is -0.462 e. The quantitative estimate of drug-likeness (QED) is 0.234. The number of aromatic nitrogens is 3. The second kappa shape index (κ2) is 11.7. The first-order valence-corrected chi connectivity index (χ1v) is 15.0. The largest absolute Gasteiger partial charge is 0.462 e. The van der Waals surface area contributed by atoms with Gasteiger partial charge in [0.25, 0.3) is 0 Å². The number of likely N-dealkylation sites (tertiary alicyclic amines) is 1. The van der Waals surface area contributed by atoms with E-state index in [1.807, 2.05) is 0 Å². The topological polar surface area (TPSA) is 71.5 Å². The Bertz CT molecular complexity index is 1680. The van der Waals surface area contributed by atoms with Crippen LogP contribution in [0.25, 0.3) is 32.9 Å². The van der Waals surface area contributed by atoms with Crippen molar-refractivity contribution < 1.29 is 18.3 Å². The number of nitrogens with zero attached hydrogens (tertiary/aromatic N) is 5. The molecule has 2 aromatic carbocycles. The second-order valence-corrected chi connectivity index (χ2v) is 12.0. The molecule has 0 unspecified atom stereocenters. The summed E-state index contributed by atoms with van der Waals surface area (Å²) in [5.74, 6) is -0.955. The van der Waals surface area contributed by atoms with E-state index in [-0.39, 0.29) is 63.2 Å². The molecule has 2 atom stereocenters. The van der Waals surface area contributed by atoms with Crippen LogP contribution in [-0.2, 0) is 11.2 Å². The van der Waals surface area contributed by atoms with Crippen LogP contribution < -0.4 is 9.64 Å². The van der Waals surface area contributed by atoms with E-state index in [1.54, 1.807) is 30.3 Å². The van der Waals surface area contributed by atoms with Crippen LogP contribution in [0.5, 0.6) is 6.01 Å². The summed E-state index contributed by atoms with van der Waals surface area (Å²) in [6, 6.07) is 8.90. The van der Waals surface area contributed by atoms with Crippen molar-refractivity contribution in [2.24, 2.45) is 0 Å². The van der Waals surface area contributed by atoms with E-state index in [1.165, 1.54) is 6.92 Å². The minimum absolute atomic E-state index is 0.00277. The molecule has 42 heavy (non-hydrogen) atoms. The van der Waals surface area contributed by atoms with Gasteiger partial charge in [0.2, 0.25) is 0 Å². The van der Waals surface area contributed by atoms with E-state index < -0.39 is 11.6 Å². The molecular weight excluding hydrogens is 560 g/mol. The molecule has 4 heterocycles. The van der Waals surface area contributed by atoms with Crippen LogP contribution in [0, 0.1) is 11.6 Å². The van der Waals surface area contributed by atoms with Crippen LogP contribution in [0.1, 0.15) is 51.6 Å². The summed E-state index contributed by atoms with van der Waals surface area (Å²) in [6.45, 7) is 5.68. The molecule has 0 spiro atoms. The fourth-order valence-corrected chi connectivity index (χ4v) is 6.54. The molecule has 0 aliphatic carbocycles. The number of piperidine rings is 1. The Kier molecular flexibility index (Phi) is 7.98. The number of halogens is 3. The Morgan fingerprint density at radius 2 is 1.81 bits per heavy atom. The first-order valence-electron chi connectivity index (χ1n) is 14.6. The number of ketones is 1. The van der Waals surface area contributed by atoms with E-state index in [4.69, 9.17) is 21.3 Å². The molecule has 0 N–H and O–H groups in total. The van der Waals surface area contributed by atoms with Gasteiger partial charge in [-0.25, -0.2) is 13.8 Å². The summed E-state index contributed by atoms with van der Waals surface area (Å²) in [7, 11) is 2.07. The number of carbonyl (C=O) groups is 1. The number of pyridine rings is 1. The fraction of sp³-hybridized carbons (Fsp3) is 0.438. The van der Waals surface area contributed by atoms with Crippen molar-refractivity contribution in [2.75, 3.05) is 31.6 Å². The van der Waals surface area contributed by atoms with Crippen LogP contribution in [0.2, 0.25) is 5.02 Å². The molecular formula is C32H34ClF2N5O2. The van der Waals surface area contributed by atoms with Gasteiger partial charge in [0.1, 0.15) is 23.7 Å². The van der Waals surface area contributed by atoms with Crippen LogP contribution in [0.15, 0.2) is 30.3 Å². The molecule has 2 saturated heterocycles. The first kappa shape index (κ1) is 28.7. The summed E-state index contributed by atoms with van der Waals surface area (Å²) < 4.78 is 38.3. The van der Waals surface area contributed by atoms with Gasteiger partial charge in [-0.1, -0.05) is 35.9 Å². The smallest absolute Gasteiger partial charge is 0.319 e. The van der Waals surface area contributed by atoms with Gasteiger partial charge < -0.3 is 14.5 Å². The monoisotopic (exact) mass is 593 g/mol. The molecule has 0 saturated carbocycles. The van der Waals surface area contributed by atoms with Gasteiger partial charge in [-0.05, 0) is 65.6 Å². The first-order chi connectivity index (χ1) is 20.2. The van der Waals surface area contributed by atoms with Crippen molar-refractivity contribution in [3.05, 3.63) is 52.7 Å². The maximum atomic E-state index is 16.8. The van der Waals surface area contributed by atoms with Gasteiger partial charge >= 0.3 is 6.01 Å². The SMILES string of the molecule is CC(=O)Cc1nc(-c2c(Cl)cc3c(N4CCCC[C@@H]4C)nc(OC[C@@H]4CCCN4C)nc3c2F)c2ccccc2c1F. The van der Waals surface area contributed by atoms with Gasteiger partial charge in [0.15, 0.2) is 11.6 Å². The van der Waals surface area contributed by atoms with Crippen LogP contribution in [0.4, 0.5) is 14.6 Å².